The molecule has 1 heterocycles. The largest absolute Gasteiger partial charge is 0.454 e. The minimum absolute atomic E-state index is 0.0617. The molecule has 3 N–H and O–H groups in total. The first-order valence-corrected chi connectivity index (χ1v) is 8.50. The third-order valence-corrected chi connectivity index (χ3v) is 4.32. The molecule has 0 saturated carbocycles. The number of hydrogen-bond acceptors (Lipinski definition) is 4. The Morgan fingerprint density at radius 3 is 2.63 bits per heavy atom. The smallest absolute Gasteiger partial charge is 0.282 e. The molecule has 2 atom stereocenters. The molecule has 0 bridgehead atoms. The van der Waals surface area contributed by atoms with Gasteiger partial charge in [0.2, 0.25) is 6.79 Å². The first-order chi connectivity index (χ1) is 12.9. The molecule has 0 aromatic heterocycles. The Morgan fingerprint density at radius 2 is 1.85 bits per heavy atom. The van der Waals surface area contributed by atoms with Crippen LogP contribution in [0.5, 0.6) is 11.5 Å². The summed E-state index contributed by atoms with van der Waals surface area (Å²) in [6.07, 6.45) is 0. The molecule has 0 radical (unpaired) electrons. The second kappa shape index (κ2) is 8.05. The fourth-order valence-corrected chi connectivity index (χ4v) is 2.63. The molecule has 1 aliphatic rings. The van der Waals surface area contributed by atoms with Gasteiger partial charge in [0.1, 0.15) is 5.82 Å². The number of likely N-dealkylation sites (N-methyl/N-ethyl adjacent to an activating group) is 1. The zero-order valence-electron chi connectivity index (χ0n) is 15.0. The predicted molar refractivity (Wildman–Crippen MR) is 97.4 cm³/mol. The van der Waals surface area contributed by atoms with Gasteiger partial charge in [-0.2, -0.15) is 0 Å². The lowest BCUT2D eigenvalue weighted by Gasteiger charge is -2.20. The summed E-state index contributed by atoms with van der Waals surface area (Å²) in [5.41, 5.74) is 0.971. The van der Waals surface area contributed by atoms with Gasteiger partial charge in [-0.3, -0.25) is 9.59 Å². The van der Waals surface area contributed by atoms with Crippen molar-refractivity contribution in [3.05, 3.63) is 48.3 Å². The summed E-state index contributed by atoms with van der Waals surface area (Å²) >= 11 is 0. The van der Waals surface area contributed by atoms with Gasteiger partial charge in [-0.1, -0.05) is 6.07 Å². The van der Waals surface area contributed by atoms with Crippen molar-refractivity contribution >= 4 is 23.2 Å². The molecule has 0 saturated heterocycles. The number of quaternary nitrogens is 1. The number of anilines is 2. The number of fused-ring (bicyclic) bond motifs is 1. The predicted octanol–water partition coefficient (Wildman–Crippen LogP) is 1.03. The van der Waals surface area contributed by atoms with E-state index >= 15 is 0 Å². The van der Waals surface area contributed by atoms with E-state index in [1.54, 1.807) is 38.2 Å². The summed E-state index contributed by atoms with van der Waals surface area (Å²) in [4.78, 5) is 25.3. The number of hydrogen-bond donors (Lipinski definition) is 3. The van der Waals surface area contributed by atoms with E-state index in [0.717, 1.165) is 0 Å². The summed E-state index contributed by atoms with van der Waals surface area (Å²) in [6.45, 7) is 1.95. The van der Waals surface area contributed by atoms with E-state index in [1.165, 1.54) is 18.2 Å². The van der Waals surface area contributed by atoms with Crippen LogP contribution in [-0.4, -0.2) is 38.2 Å². The fraction of sp³-hybridized carbons (Fsp3) is 0.263. The van der Waals surface area contributed by atoms with Crippen molar-refractivity contribution in [1.29, 1.82) is 0 Å². The Morgan fingerprint density at radius 1 is 1.11 bits per heavy atom. The topological polar surface area (TPSA) is 81.1 Å². The van der Waals surface area contributed by atoms with E-state index in [4.69, 9.17) is 9.47 Å². The molecule has 2 aromatic carbocycles. The summed E-state index contributed by atoms with van der Waals surface area (Å²) < 4.78 is 23.7. The maximum Gasteiger partial charge on any atom is 0.282 e. The Labute approximate surface area is 156 Å². The van der Waals surface area contributed by atoms with Crippen molar-refractivity contribution in [2.45, 2.75) is 13.0 Å². The van der Waals surface area contributed by atoms with E-state index in [0.29, 0.717) is 27.8 Å². The van der Waals surface area contributed by atoms with Gasteiger partial charge in [0.15, 0.2) is 24.1 Å². The molecular weight excluding hydrogens is 353 g/mol. The third-order valence-electron chi connectivity index (χ3n) is 4.32. The average Bonchev–Trinajstić information content (AvgIpc) is 3.08. The van der Waals surface area contributed by atoms with Crippen molar-refractivity contribution in [3.63, 3.8) is 0 Å². The van der Waals surface area contributed by atoms with Crippen LogP contribution in [0.1, 0.15) is 6.92 Å². The highest BCUT2D eigenvalue weighted by Gasteiger charge is 2.24. The molecule has 1 aliphatic heterocycles. The van der Waals surface area contributed by atoms with Crippen molar-refractivity contribution < 1.29 is 28.4 Å². The zero-order chi connectivity index (χ0) is 19.4. The number of halogens is 1. The molecule has 1 unspecified atom stereocenters. The van der Waals surface area contributed by atoms with Crippen LogP contribution >= 0.6 is 0 Å². The van der Waals surface area contributed by atoms with Crippen LogP contribution in [0.4, 0.5) is 15.8 Å². The van der Waals surface area contributed by atoms with Gasteiger partial charge in [0.25, 0.3) is 11.8 Å². The molecule has 0 aliphatic carbocycles. The van der Waals surface area contributed by atoms with E-state index in [9.17, 15) is 14.0 Å². The van der Waals surface area contributed by atoms with Crippen LogP contribution in [0.25, 0.3) is 0 Å². The second-order valence-corrected chi connectivity index (χ2v) is 6.36. The number of amides is 2. The Kier molecular flexibility index (Phi) is 5.56. The first kappa shape index (κ1) is 18.7. The Hall–Kier alpha value is -3.13. The number of rotatable bonds is 6. The highest BCUT2D eigenvalue weighted by molar-refractivity contribution is 5.94. The molecule has 27 heavy (non-hydrogen) atoms. The SMILES string of the molecule is C[C@@H](C(=O)Nc1ccc2c(c1)OCO2)[NH+](C)CC(=O)Nc1cccc(F)c1. The second-order valence-electron chi connectivity index (χ2n) is 6.36. The van der Waals surface area contributed by atoms with Crippen LogP contribution in [0, 0.1) is 5.82 Å². The van der Waals surface area contributed by atoms with E-state index in [-0.39, 0.29) is 25.2 Å². The van der Waals surface area contributed by atoms with Gasteiger partial charge in [-0.05, 0) is 37.3 Å². The van der Waals surface area contributed by atoms with E-state index < -0.39 is 11.9 Å². The first-order valence-electron chi connectivity index (χ1n) is 8.50. The minimum Gasteiger partial charge on any atom is -0.454 e. The lowest BCUT2D eigenvalue weighted by molar-refractivity contribution is -0.885. The normalized spacial score (nSPS) is 14.3. The number of ether oxygens (including phenoxy) is 2. The van der Waals surface area contributed by atoms with Crippen LogP contribution < -0.4 is 25.0 Å². The molecule has 2 aromatic rings. The molecule has 142 valence electrons. The van der Waals surface area contributed by atoms with Gasteiger partial charge >= 0.3 is 0 Å². The quantitative estimate of drug-likeness (QED) is 0.706. The van der Waals surface area contributed by atoms with Crippen molar-refractivity contribution in [1.82, 2.24) is 0 Å². The maximum atomic E-state index is 13.2. The zero-order valence-corrected chi connectivity index (χ0v) is 15.0. The molecule has 0 spiro atoms. The summed E-state index contributed by atoms with van der Waals surface area (Å²) in [5.74, 6) is 0.254. The van der Waals surface area contributed by atoms with Gasteiger partial charge in [-0.15, -0.1) is 0 Å². The van der Waals surface area contributed by atoms with Crippen molar-refractivity contribution in [2.24, 2.45) is 0 Å². The lowest BCUT2D eigenvalue weighted by atomic mass is 10.2. The van der Waals surface area contributed by atoms with Gasteiger partial charge in [0, 0.05) is 17.4 Å². The summed E-state index contributed by atoms with van der Waals surface area (Å²) in [5, 5.41) is 5.43. The van der Waals surface area contributed by atoms with Gasteiger partial charge in [0.05, 0.1) is 7.05 Å². The minimum atomic E-state index is -0.478. The molecular formula is C19H21FN3O4+. The number of carbonyl (C=O) groups excluding carboxylic acids is 2. The highest BCUT2D eigenvalue weighted by Crippen LogP contribution is 2.34. The standard InChI is InChI=1S/C19H20FN3O4/c1-12(19(25)22-15-6-7-16-17(9-15)27-11-26-16)23(2)10-18(24)21-14-5-3-4-13(20)8-14/h3-9,12H,10-11H2,1-2H3,(H,21,24)(H,22,25)/p+1/t12-/m0/s1. The van der Waals surface area contributed by atoms with Gasteiger partial charge < -0.3 is 25.0 Å². The number of carbonyl (C=O) groups is 2. The molecule has 2 amide bonds. The molecule has 3 rings (SSSR count). The number of benzene rings is 2. The third kappa shape index (κ3) is 4.73. The van der Waals surface area contributed by atoms with E-state index in [2.05, 4.69) is 10.6 Å². The van der Waals surface area contributed by atoms with Crippen LogP contribution in [0.15, 0.2) is 42.5 Å². The summed E-state index contributed by atoms with van der Waals surface area (Å²) in [7, 11) is 1.75. The van der Waals surface area contributed by atoms with E-state index in [1.807, 2.05) is 0 Å². The maximum absolute atomic E-state index is 13.2. The van der Waals surface area contributed by atoms with Crippen LogP contribution in [-0.2, 0) is 9.59 Å². The summed E-state index contributed by atoms with van der Waals surface area (Å²) in [6, 6.07) is 10.3. The molecule has 7 nitrogen and oxygen atoms in total. The van der Waals surface area contributed by atoms with Crippen molar-refractivity contribution in [3.8, 4) is 11.5 Å². The van der Waals surface area contributed by atoms with Crippen molar-refractivity contribution in [2.75, 3.05) is 31.0 Å². The van der Waals surface area contributed by atoms with Gasteiger partial charge in [-0.25, -0.2) is 4.39 Å². The lowest BCUT2D eigenvalue weighted by Crippen LogP contribution is -3.14. The Balaban J connectivity index is 1.53. The van der Waals surface area contributed by atoms with Crippen LogP contribution in [0.2, 0.25) is 0 Å². The average molecular weight is 374 g/mol. The fourth-order valence-electron chi connectivity index (χ4n) is 2.63. The Bertz CT molecular complexity index is 859. The van der Waals surface area contributed by atoms with Crippen LogP contribution in [0.3, 0.4) is 0 Å². The highest BCUT2D eigenvalue weighted by atomic mass is 19.1. The number of nitrogens with one attached hydrogen (secondary N) is 3. The molecule has 0 fully saturated rings. The monoisotopic (exact) mass is 374 g/mol. The molecule has 8 heteroatoms.